The van der Waals surface area contributed by atoms with Gasteiger partial charge in [0, 0.05) is 22.8 Å². The summed E-state index contributed by atoms with van der Waals surface area (Å²) < 4.78 is 0. The van der Waals surface area contributed by atoms with Crippen LogP contribution in [0.15, 0.2) is 18.2 Å². The molecule has 25 heavy (non-hydrogen) atoms. The van der Waals surface area contributed by atoms with Crippen molar-refractivity contribution in [2.24, 2.45) is 11.8 Å². The van der Waals surface area contributed by atoms with Gasteiger partial charge in [-0.25, -0.2) is 0 Å². The van der Waals surface area contributed by atoms with Crippen molar-refractivity contribution in [3.8, 4) is 0 Å². The first-order valence-electron chi connectivity index (χ1n) is 8.67. The summed E-state index contributed by atoms with van der Waals surface area (Å²) in [5.41, 5.74) is 0.721. The molecule has 4 atom stereocenters. The number of nitrogens with zero attached hydrogens (tertiary/aromatic N) is 1. The van der Waals surface area contributed by atoms with Crippen LogP contribution in [0.2, 0.25) is 0 Å². The zero-order chi connectivity index (χ0) is 18.3. The van der Waals surface area contributed by atoms with Gasteiger partial charge in [0.05, 0.1) is 11.8 Å². The van der Waals surface area contributed by atoms with Gasteiger partial charge in [-0.15, -0.1) is 0 Å². The molecule has 2 saturated heterocycles. The van der Waals surface area contributed by atoms with E-state index < -0.39 is 22.9 Å². The molecule has 0 aromatic heterocycles. The van der Waals surface area contributed by atoms with Crippen LogP contribution in [0.4, 0.5) is 5.69 Å². The summed E-state index contributed by atoms with van der Waals surface area (Å²) in [4.78, 5) is 40.6. The van der Waals surface area contributed by atoms with Gasteiger partial charge in [0.25, 0.3) is 0 Å². The zero-order valence-corrected chi connectivity index (χ0v) is 15.1. The number of amides is 3. The lowest BCUT2D eigenvalue weighted by Gasteiger charge is -2.34. The number of nitrogens with one attached hydrogen (secondary N) is 2. The fourth-order valence-corrected chi connectivity index (χ4v) is 4.74. The highest BCUT2D eigenvalue weighted by molar-refractivity contribution is 6.15. The predicted octanol–water partition coefficient (Wildman–Crippen LogP) is 1.53. The predicted molar refractivity (Wildman–Crippen MR) is 92.7 cm³/mol. The molecule has 4 unspecified atom stereocenters. The minimum Gasteiger partial charge on any atom is -0.324 e. The van der Waals surface area contributed by atoms with Crippen LogP contribution in [0.3, 0.4) is 0 Å². The van der Waals surface area contributed by atoms with Crippen molar-refractivity contribution in [1.29, 1.82) is 0 Å². The third-order valence-corrected chi connectivity index (χ3v) is 5.69. The third-order valence-electron chi connectivity index (χ3n) is 5.69. The molecule has 3 aliphatic heterocycles. The smallest absolute Gasteiger partial charge is 0.250 e. The number of anilines is 1. The number of likely N-dealkylation sites (tertiary alicyclic amines) is 1. The van der Waals surface area contributed by atoms with Crippen molar-refractivity contribution in [2.75, 3.05) is 5.32 Å². The first-order chi connectivity index (χ1) is 11.6. The SMILES string of the molecule is Cc1ccc2c(c1)C1(NC(C)C3C(=O)N(C(C)(C)C)C(=O)C31)C(=O)N2. The number of rotatable bonds is 0. The molecule has 0 saturated carbocycles. The van der Waals surface area contributed by atoms with Crippen molar-refractivity contribution in [3.05, 3.63) is 29.3 Å². The number of carbonyl (C=O) groups is 3. The Kier molecular flexibility index (Phi) is 3.06. The first kappa shape index (κ1) is 16.3. The lowest BCUT2D eigenvalue weighted by atomic mass is 9.76. The maximum Gasteiger partial charge on any atom is 0.250 e. The fourth-order valence-electron chi connectivity index (χ4n) is 4.74. The second-order valence-corrected chi connectivity index (χ2v) is 8.43. The molecule has 132 valence electrons. The van der Waals surface area contributed by atoms with Gasteiger partial charge in [0.1, 0.15) is 5.54 Å². The van der Waals surface area contributed by atoms with Gasteiger partial charge in [0.2, 0.25) is 17.7 Å². The molecule has 1 spiro atoms. The molecule has 3 aliphatic rings. The third kappa shape index (κ3) is 1.86. The van der Waals surface area contributed by atoms with Gasteiger partial charge in [0.15, 0.2) is 0 Å². The van der Waals surface area contributed by atoms with Crippen LogP contribution in [-0.4, -0.2) is 34.2 Å². The zero-order valence-electron chi connectivity index (χ0n) is 15.1. The maximum absolute atomic E-state index is 13.3. The topological polar surface area (TPSA) is 78.5 Å². The Bertz CT molecular complexity index is 826. The fraction of sp³-hybridized carbons (Fsp3) is 0.526. The van der Waals surface area contributed by atoms with E-state index in [1.807, 2.05) is 52.8 Å². The molecule has 2 N–H and O–H groups in total. The van der Waals surface area contributed by atoms with Crippen LogP contribution in [0.5, 0.6) is 0 Å². The molecule has 0 radical (unpaired) electrons. The van der Waals surface area contributed by atoms with E-state index in [1.165, 1.54) is 4.90 Å². The van der Waals surface area contributed by atoms with E-state index in [0.29, 0.717) is 5.69 Å². The summed E-state index contributed by atoms with van der Waals surface area (Å²) in [6, 6.07) is 5.47. The second kappa shape index (κ2) is 4.69. The van der Waals surface area contributed by atoms with Crippen molar-refractivity contribution in [1.82, 2.24) is 10.2 Å². The van der Waals surface area contributed by atoms with Gasteiger partial charge in [-0.2, -0.15) is 0 Å². The van der Waals surface area contributed by atoms with E-state index in [4.69, 9.17) is 0 Å². The number of hydrogen-bond acceptors (Lipinski definition) is 4. The Morgan fingerprint density at radius 2 is 1.80 bits per heavy atom. The number of aryl methyl sites for hydroxylation is 1. The molecular weight excluding hydrogens is 318 g/mol. The molecule has 1 aromatic rings. The van der Waals surface area contributed by atoms with Gasteiger partial charge < -0.3 is 5.32 Å². The normalized spacial score (nSPS) is 33.9. The van der Waals surface area contributed by atoms with Crippen molar-refractivity contribution in [3.63, 3.8) is 0 Å². The highest BCUT2D eigenvalue weighted by Crippen LogP contribution is 2.53. The molecule has 0 bridgehead atoms. The Morgan fingerprint density at radius 3 is 2.44 bits per heavy atom. The Hall–Kier alpha value is -2.21. The minimum absolute atomic E-state index is 0.187. The number of carbonyl (C=O) groups excluding carboxylic acids is 3. The molecule has 2 fully saturated rings. The van der Waals surface area contributed by atoms with Crippen LogP contribution in [-0.2, 0) is 19.9 Å². The van der Waals surface area contributed by atoms with Crippen LogP contribution < -0.4 is 10.6 Å². The number of hydrogen-bond donors (Lipinski definition) is 2. The monoisotopic (exact) mass is 341 g/mol. The lowest BCUT2D eigenvalue weighted by molar-refractivity contribution is -0.147. The van der Waals surface area contributed by atoms with E-state index in [2.05, 4.69) is 10.6 Å². The van der Waals surface area contributed by atoms with Crippen molar-refractivity contribution < 1.29 is 14.4 Å². The van der Waals surface area contributed by atoms with Gasteiger partial charge in [-0.05, 0) is 40.7 Å². The second-order valence-electron chi connectivity index (χ2n) is 8.43. The minimum atomic E-state index is -1.17. The van der Waals surface area contributed by atoms with Crippen LogP contribution in [0, 0.1) is 18.8 Å². The Labute approximate surface area is 147 Å². The van der Waals surface area contributed by atoms with Crippen LogP contribution >= 0.6 is 0 Å². The molecule has 6 nitrogen and oxygen atoms in total. The van der Waals surface area contributed by atoms with E-state index in [0.717, 1.165) is 11.1 Å². The number of benzene rings is 1. The van der Waals surface area contributed by atoms with Crippen molar-refractivity contribution in [2.45, 2.75) is 51.7 Å². The standard InChI is InChI=1S/C19H23N3O3/c1-9-6-7-12-11(8-9)19(17(25)20-12)14-13(10(2)21-19)15(23)22(16(14)24)18(3,4)5/h6-8,10,13-14,21H,1-5H3,(H,20,25). The molecule has 6 heteroatoms. The molecule has 0 aliphatic carbocycles. The first-order valence-corrected chi connectivity index (χ1v) is 8.67. The Morgan fingerprint density at radius 1 is 1.12 bits per heavy atom. The summed E-state index contributed by atoms with van der Waals surface area (Å²) in [6.45, 7) is 9.38. The van der Waals surface area contributed by atoms with Crippen molar-refractivity contribution >= 4 is 23.4 Å². The summed E-state index contributed by atoms with van der Waals surface area (Å²) in [7, 11) is 0. The molecule has 4 rings (SSSR count). The quantitative estimate of drug-likeness (QED) is 0.702. The molecule has 3 heterocycles. The average Bonchev–Trinajstić information content (AvgIpc) is 3.04. The molecular formula is C19H23N3O3. The molecule has 3 amide bonds. The highest BCUT2D eigenvalue weighted by atomic mass is 16.2. The highest BCUT2D eigenvalue weighted by Gasteiger charge is 2.70. The summed E-state index contributed by atoms with van der Waals surface area (Å²) in [5.74, 6) is -1.93. The van der Waals surface area contributed by atoms with Crippen LogP contribution in [0.1, 0.15) is 38.8 Å². The van der Waals surface area contributed by atoms with E-state index >= 15 is 0 Å². The summed E-state index contributed by atoms with van der Waals surface area (Å²) in [6.07, 6.45) is 0. The van der Waals surface area contributed by atoms with Gasteiger partial charge >= 0.3 is 0 Å². The van der Waals surface area contributed by atoms with E-state index in [-0.39, 0.29) is 23.8 Å². The maximum atomic E-state index is 13.3. The summed E-state index contributed by atoms with van der Waals surface area (Å²) >= 11 is 0. The largest absolute Gasteiger partial charge is 0.324 e. The average molecular weight is 341 g/mol. The van der Waals surface area contributed by atoms with E-state index in [9.17, 15) is 14.4 Å². The Balaban J connectivity index is 1.92. The lowest BCUT2D eigenvalue weighted by Crippen LogP contribution is -2.55. The number of fused-ring (bicyclic) bond motifs is 4. The van der Waals surface area contributed by atoms with Gasteiger partial charge in [-0.1, -0.05) is 17.7 Å². The summed E-state index contributed by atoms with van der Waals surface area (Å²) in [5, 5.41) is 6.21. The van der Waals surface area contributed by atoms with E-state index in [1.54, 1.807) is 0 Å². The number of imide groups is 1. The van der Waals surface area contributed by atoms with Crippen LogP contribution in [0.25, 0.3) is 0 Å². The molecule has 1 aromatic carbocycles. The van der Waals surface area contributed by atoms with Gasteiger partial charge in [-0.3, -0.25) is 24.6 Å².